The van der Waals surface area contributed by atoms with Crippen LogP contribution in [0.15, 0.2) is 12.1 Å². The van der Waals surface area contributed by atoms with Gasteiger partial charge in [0.15, 0.2) is 0 Å². The van der Waals surface area contributed by atoms with Gasteiger partial charge in [0.05, 0.1) is 17.7 Å². The van der Waals surface area contributed by atoms with Crippen LogP contribution in [0.1, 0.15) is 28.4 Å². The molecule has 0 saturated heterocycles. The Morgan fingerprint density at radius 3 is 2.23 bits per heavy atom. The van der Waals surface area contributed by atoms with Gasteiger partial charge in [0.1, 0.15) is 17.4 Å². The fraction of sp³-hybridized carbons (Fsp3) is 0.333. The number of nitrogens with zero attached hydrogens (tertiary/aromatic N) is 1. The summed E-state index contributed by atoms with van der Waals surface area (Å²) in [6.07, 6.45) is -10.5. The standard InChI is InChI=1S/C12H7F6NO3/c1-2-21-10(20)6-3-8(11(13,14)15)7(5-19)9(4-6)22-12(16,17)18/h3-4H,2H2,1H3. The van der Waals surface area contributed by atoms with Crippen LogP contribution in [0.25, 0.3) is 0 Å². The van der Waals surface area contributed by atoms with Crippen molar-refractivity contribution in [3.8, 4) is 11.8 Å². The molecule has 0 aliphatic rings. The fourth-order valence-corrected chi connectivity index (χ4v) is 1.49. The molecule has 0 radical (unpaired) electrons. The first-order valence-electron chi connectivity index (χ1n) is 5.57. The maximum absolute atomic E-state index is 12.8. The van der Waals surface area contributed by atoms with Crippen LogP contribution in [0.2, 0.25) is 0 Å². The van der Waals surface area contributed by atoms with Gasteiger partial charge >= 0.3 is 18.5 Å². The number of benzene rings is 1. The van der Waals surface area contributed by atoms with Crippen LogP contribution in [0.3, 0.4) is 0 Å². The third-order valence-corrected chi connectivity index (χ3v) is 2.26. The molecule has 0 heterocycles. The minimum absolute atomic E-state index is 0.199. The Kier molecular flexibility index (Phi) is 4.91. The molecule has 120 valence electrons. The molecular weight excluding hydrogens is 320 g/mol. The molecule has 0 saturated carbocycles. The van der Waals surface area contributed by atoms with Crippen LogP contribution in [0.4, 0.5) is 26.3 Å². The lowest BCUT2D eigenvalue weighted by atomic mass is 10.0. The third kappa shape index (κ3) is 4.28. The number of halogens is 6. The Bertz CT molecular complexity index is 615. The zero-order valence-electron chi connectivity index (χ0n) is 10.8. The first-order valence-corrected chi connectivity index (χ1v) is 5.57. The second-order valence-electron chi connectivity index (χ2n) is 3.77. The highest BCUT2D eigenvalue weighted by Gasteiger charge is 2.39. The van der Waals surface area contributed by atoms with E-state index in [1.54, 1.807) is 0 Å². The highest BCUT2D eigenvalue weighted by molar-refractivity contribution is 5.90. The summed E-state index contributed by atoms with van der Waals surface area (Å²) in [5.41, 5.74) is -3.91. The Labute approximate surface area is 119 Å². The minimum atomic E-state index is -5.33. The van der Waals surface area contributed by atoms with Crippen LogP contribution in [-0.2, 0) is 10.9 Å². The molecule has 0 unspecified atom stereocenters. The maximum Gasteiger partial charge on any atom is 0.573 e. The van der Waals surface area contributed by atoms with Crippen LogP contribution in [0.5, 0.6) is 5.75 Å². The van der Waals surface area contributed by atoms with Crippen molar-refractivity contribution in [3.05, 3.63) is 28.8 Å². The predicted molar refractivity (Wildman–Crippen MR) is 58.8 cm³/mol. The SMILES string of the molecule is CCOC(=O)c1cc(OC(F)(F)F)c(C#N)c(C(F)(F)F)c1. The van der Waals surface area contributed by atoms with Crippen LogP contribution in [0, 0.1) is 11.3 Å². The van der Waals surface area contributed by atoms with E-state index in [0.717, 1.165) is 6.07 Å². The second-order valence-corrected chi connectivity index (χ2v) is 3.77. The molecule has 1 aromatic carbocycles. The van der Waals surface area contributed by atoms with E-state index in [4.69, 9.17) is 5.26 Å². The maximum atomic E-state index is 12.8. The minimum Gasteiger partial charge on any atom is -0.462 e. The Morgan fingerprint density at radius 1 is 1.23 bits per heavy atom. The molecule has 0 aliphatic heterocycles. The normalized spacial score (nSPS) is 11.7. The number of hydrogen-bond donors (Lipinski definition) is 0. The Balaban J connectivity index is 3.56. The van der Waals surface area contributed by atoms with E-state index in [1.807, 2.05) is 0 Å². The number of esters is 1. The van der Waals surface area contributed by atoms with Crippen molar-refractivity contribution in [2.75, 3.05) is 6.61 Å². The van der Waals surface area contributed by atoms with Crippen molar-refractivity contribution in [2.45, 2.75) is 19.5 Å². The van der Waals surface area contributed by atoms with Crippen molar-refractivity contribution in [1.29, 1.82) is 5.26 Å². The summed E-state index contributed by atoms with van der Waals surface area (Å²) in [6.45, 7) is 1.16. The summed E-state index contributed by atoms with van der Waals surface area (Å²) in [4.78, 5) is 11.4. The first kappa shape index (κ1) is 17.6. The Morgan fingerprint density at radius 2 is 1.82 bits per heavy atom. The molecule has 1 rings (SSSR count). The van der Waals surface area contributed by atoms with Crippen molar-refractivity contribution in [2.24, 2.45) is 0 Å². The topological polar surface area (TPSA) is 59.3 Å². The molecule has 0 amide bonds. The monoisotopic (exact) mass is 327 g/mol. The van der Waals surface area contributed by atoms with E-state index < -0.39 is 40.9 Å². The number of hydrogen-bond acceptors (Lipinski definition) is 4. The van der Waals surface area contributed by atoms with E-state index in [9.17, 15) is 31.1 Å². The summed E-state index contributed by atoms with van der Waals surface area (Å²) in [6, 6.07) is 1.60. The summed E-state index contributed by atoms with van der Waals surface area (Å²) in [5.74, 6) is -2.70. The number of rotatable bonds is 3. The average molecular weight is 327 g/mol. The Hall–Kier alpha value is -2.44. The number of ether oxygens (including phenoxy) is 2. The summed E-state index contributed by atoms with van der Waals surface area (Å²) in [7, 11) is 0. The van der Waals surface area contributed by atoms with Crippen molar-refractivity contribution >= 4 is 5.97 Å². The molecule has 22 heavy (non-hydrogen) atoms. The van der Waals surface area contributed by atoms with Crippen molar-refractivity contribution in [3.63, 3.8) is 0 Å². The molecule has 0 spiro atoms. The van der Waals surface area contributed by atoms with Gasteiger partial charge in [-0.2, -0.15) is 18.4 Å². The van der Waals surface area contributed by atoms with Crippen molar-refractivity contribution in [1.82, 2.24) is 0 Å². The zero-order valence-corrected chi connectivity index (χ0v) is 10.8. The van der Waals surface area contributed by atoms with Gasteiger partial charge in [-0.25, -0.2) is 4.79 Å². The quantitative estimate of drug-likeness (QED) is 0.628. The number of carbonyl (C=O) groups is 1. The summed E-state index contributed by atoms with van der Waals surface area (Å²) in [5, 5.41) is 8.68. The molecule has 4 nitrogen and oxygen atoms in total. The van der Waals surface area contributed by atoms with Gasteiger partial charge < -0.3 is 9.47 Å². The molecule has 0 fully saturated rings. The van der Waals surface area contributed by atoms with Crippen LogP contribution >= 0.6 is 0 Å². The first-order chi connectivity index (χ1) is 9.99. The van der Waals surface area contributed by atoms with E-state index >= 15 is 0 Å². The van der Waals surface area contributed by atoms with E-state index in [1.165, 1.54) is 6.92 Å². The lowest BCUT2D eigenvalue weighted by Crippen LogP contribution is -2.20. The molecule has 10 heteroatoms. The van der Waals surface area contributed by atoms with Crippen LogP contribution < -0.4 is 4.74 Å². The average Bonchev–Trinajstić information content (AvgIpc) is 2.35. The second kappa shape index (κ2) is 6.13. The van der Waals surface area contributed by atoms with E-state index in [-0.39, 0.29) is 12.7 Å². The zero-order chi connectivity index (χ0) is 17.1. The number of carbonyl (C=O) groups excluding carboxylic acids is 1. The predicted octanol–water partition coefficient (Wildman–Crippen LogP) is 3.65. The fourth-order valence-electron chi connectivity index (χ4n) is 1.49. The van der Waals surface area contributed by atoms with Gasteiger partial charge in [-0.3, -0.25) is 0 Å². The van der Waals surface area contributed by atoms with Gasteiger partial charge in [0, 0.05) is 0 Å². The van der Waals surface area contributed by atoms with E-state index in [0.29, 0.717) is 6.07 Å². The van der Waals surface area contributed by atoms with Gasteiger partial charge in [-0.15, -0.1) is 13.2 Å². The lowest BCUT2D eigenvalue weighted by Gasteiger charge is -2.16. The van der Waals surface area contributed by atoms with E-state index in [2.05, 4.69) is 9.47 Å². The van der Waals surface area contributed by atoms with Gasteiger partial charge in [0.2, 0.25) is 0 Å². The lowest BCUT2D eigenvalue weighted by molar-refractivity contribution is -0.274. The van der Waals surface area contributed by atoms with Gasteiger partial charge in [-0.1, -0.05) is 0 Å². The largest absolute Gasteiger partial charge is 0.573 e. The van der Waals surface area contributed by atoms with Gasteiger partial charge in [0.25, 0.3) is 0 Å². The highest BCUT2D eigenvalue weighted by Crippen LogP contribution is 2.38. The molecule has 0 bridgehead atoms. The molecule has 1 aromatic rings. The summed E-state index contributed by atoms with van der Waals surface area (Å²) < 4.78 is 83.1. The molecule has 0 N–H and O–H groups in total. The van der Waals surface area contributed by atoms with Crippen LogP contribution in [-0.4, -0.2) is 18.9 Å². The molecular formula is C12H7F6NO3. The number of nitriles is 1. The molecule has 0 atom stereocenters. The van der Waals surface area contributed by atoms with Crippen molar-refractivity contribution < 1.29 is 40.6 Å². The smallest absolute Gasteiger partial charge is 0.462 e. The molecule has 0 aromatic heterocycles. The third-order valence-electron chi connectivity index (χ3n) is 2.26. The highest BCUT2D eigenvalue weighted by atomic mass is 19.4. The summed E-state index contributed by atoms with van der Waals surface area (Å²) >= 11 is 0. The van der Waals surface area contributed by atoms with Gasteiger partial charge in [-0.05, 0) is 19.1 Å². The molecule has 0 aliphatic carbocycles. The number of alkyl halides is 6.